The third kappa shape index (κ3) is 1.05. The van der Waals surface area contributed by atoms with Gasteiger partial charge in [-0.25, -0.2) is 0 Å². The molecule has 1 aromatic rings. The molecule has 68 valence electrons. The van der Waals surface area contributed by atoms with E-state index in [2.05, 4.69) is 28.4 Å². The van der Waals surface area contributed by atoms with Gasteiger partial charge in [-0.15, -0.1) is 0 Å². The van der Waals surface area contributed by atoms with Crippen LogP contribution in [0.5, 0.6) is 0 Å². The van der Waals surface area contributed by atoms with Gasteiger partial charge in [-0.3, -0.25) is 5.32 Å². The summed E-state index contributed by atoms with van der Waals surface area (Å²) < 4.78 is 0. The van der Waals surface area contributed by atoms with Gasteiger partial charge in [0.25, 0.3) is 0 Å². The van der Waals surface area contributed by atoms with Crippen LogP contribution in [-0.4, -0.2) is 13.2 Å². The van der Waals surface area contributed by atoms with Gasteiger partial charge >= 0.3 is 0 Å². The molecule has 0 aromatic heterocycles. The molecule has 0 radical (unpaired) electrons. The van der Waals surface area contributed by atoms with Crippen LogP contribution in [0.25, 0.3) is 0 Å². The lowest BCUT2D eigenvalue weighted by atomic mass is 9.97. The Hall–Kier alpha value is -1.02. The lowest BCUT2D eigenvalue weighted by Crippen LogP contribution is -2.42. The predicted octanol–water partition coefficient (Wildman–Crippen LogP) is 1.50. The standard InChI is InChI=1S/C11H14N2/c1-3-9-5-2-6-13-8-12-7-10(4-1)11(9)13/h1,3-4,12H,2,5-8H2. The van der Waals surface area contributed by atoms with E-state index in [9.17, 15) is 0 Å². The number of nitrogens with zero attached hydrogens (tertiary/aromatic N) is 1. The molecule has 0 fully saturated rings. The number of anilines is 1. The molecule has 1 aromatic carbocycles. The second-order valence-corrected chi connectivity index (χ2v) is 3.88. The average Bonchev–Trinajstić information content (AvgIpc) is 2.19. The third-order valence-electron chi connectivity index (χ3n) is 3.01. The zero-order valence-corrected chi connectivity index (χ0v) is 7.71. The van der Waals surface area contributed by atoms with E-state index in [0.29, 0.717) is 0 Å². The Balaban J connectivity index is 2.18. The van der Waals surface area contributed by atoms with E-state index < -0.39 is 0 Å². The van der Waals surface area contributed by atoms with Crippen molar-refractivity contribution in [2.45, 2.75) is 19.4 Å². The van der Waals surface area contributed by atoms with Crippen molar-refractivity contribution in [3.8, 4) is 0 Å². The summed E-state index contributed by atoms with van der Waals surface area (Å²) in [5.74, 6) is 0. The van der Waals surface area contributed by atoms with Crippen LogP contribution in [0.4, 0.5) is 5.69 Å². The van der Waals surface area contributed by atoms with Gasteiger partial charge in [0.2, 0.25) is 0 Å². The van der Waals surface area contributed by atoms with Gasteiger partial charge in [0.15, 0.2) is 0 Å². The quantitative estimate of drug-likeness (QED) is 0.641. The number of para-hydroxylation sites is 1. The molecule has 2 nitrogen and oxygen atoms in total. The summed E-state index contributed by atoms with van der Waals surface area (Å²) in [6, 6.07) is 6.70. The van der Waals surface area contributed by atoms with Crippen molar-refractivity contribution in [1.82, 2.24) is 5.32 Å². The van der Waals surface area contributed by atoms with Crippen LogP contribution >= 0.6 is 0 Å². The van der Waals surface area contributed by atoms with Crippen molar-refractivity contribution < 1.29 is 0 Å². The lowest BCUT2D eigenvalue weighted by Gasteiger charge is -2.37. The summed E-state index contributed by atoms with van der Waals surface area (Å²) in [6.45, 7) is 3.29. The van der Waals surface area contributed by atoms with Crippen molar-refractivity contribution in [3.63, 3.8) is 0 Å². The van der Waals surface area contributed by atoms with Gasteiger partial charge in [-0.2, -0.15) is 0 Å². The number of nitrogens with one attached hydrogen (secondary N) is 1. The van der Waals surface area contributed by atoms with Crippen LogP contribution in [0.1, 0.15) is 17.5 Å². The third-order valence-corrected chi connectivity index (χ3v) is 3.01. The SMILES string of the molecule is c1cc2c3c(c1)CNCN3CCC2. The van der Waals surface area contributed by atoms with Crippen molar-refractivity contribution in [2.24, 2.45) is 0 Å². The van der Waals surface area contributed by atoms with Crippen LogP contribution in [-0.2, 0) is 13.0 Å². The van der Waals surface area contributed by atoms with E-state index in [4.69, 9.17) is 0 Å². The first-order chi connectivity index (χ1) is 6.45. The van der Waals surface area contributed by atoms with Gasteiger partial charge < -0.3 is 4.90 Å². The molecule has 1 N–H and O–H groups in total. The molecule has 3 rings (SSSR count). The Labute approximate surface area is 78.6 Å². The van der Waals surface area contributed by atoms with Crippen LogP contribution < -0.4 is 10.2 Å². The summed E-state index contributed by atoms with van der Waals surface area (Å²) in [5, 5.41) is 3.43. The first kappa shape index (κ1) is 7.39. The second kappa shape index (κ2) is 2.74. The molecule has 0 spiro atoms. The summed E-state index contributed by atoms with van der Waals surface area (Å²) in [7, 11) is 0. The number of benzene rings is 1. The largest absolute Gasteiger partial charge is 0.358 e. The predicted molar refractivity (Wildman–Crippen MR) is 53.8 cm³/mol. The summed E-state index contributed by atoms with van der Waals surface area (Å²) in [6.07, 6.45) is 2.57. The molecule has 2 aliphatic heterocycles. The van der Waals surface area contributed by atoms with Crippen LogP contribution in [0, 0.1) is 0 Å². The maximum atomic E-state index is 3.43. The van der Waals surface area contributed by atoms with E-state index in [1.54, 1.807) is 5.56 Å². The maximum absolute atomic E-state index is 3.43. The molecule has 0 aliphatic carbocycles. The Kier molecular flexibility index (Phi) is 1.56. The first-order valence-corrected chi connectivity index (χ1v) is 5.01. The number of hydrogen-bond acceptors (Lipinski definition) is 2. The maximum Gasteiger partial charge on any atom is 0.0684 e. The monoisotopic (exact) mass is 174 g/mol. The van der Waals surface area contributed by atoms with Crippen molar-refractivity contribution in [2.75, 3.05) is 18.1 Å². The summed E-state index contributed by atoms with van der Waals surface area (Å²) in [4.78, 5) is 2.47. The van der Waals surface area contributed by atoms with E-state index >= 15 is 0 Å². The van der Waals surface area contributed by atoms with Gasteiger partial charge in [0.1, 0.15) is 0 Å². The molecule has 2 heteroatoms. The molecule has 0 amide bonds. The van der Waals surface area contributed by atoms with Gasteiger partial charge in [0.05, 0.1) is 6.67 Å². The minimum absolute atomic E-state index is 1.03. The van der Waals surface area contributed by atoms with Gasteiger partial charge in [-0.05, 0) is 24.0 Å². The van der Waals surface area contributed by atoms with Crippen LogP contribution in [0.2, 0.25) is 0 Å². The van der Waals surface area contributed by atoms with Crippen LogP contribution in [0.15, 0.2) is 18.2 Å². The van der Waals surface area contributed by atoms with E-state index in [0.717, 1.165) is 13.2 Å². The molecule has 0 bridgehead atoms. The molecular formula is C11H14N2. The molecule has 0 atom stereocenters. The highest BCUT2D eigenvalue weighted by atomic mass is 15.2. The summed E-state index contributed by atoms with van der Waals surface area (Å²) in [5.41, 5.74) is 4.54. The number of rotatable bonds is 0. The molecule has 13 heavy (non-hydrogen) atoms. The normalized spacial score (nSPS) is 19.8. The van der Waals surface area contributed by atoms with Gasteiger partial charge in [0, 0.05) is 18.8 Å². The van der Waals surface area contributed by atoms with Gasteiger partial charge in [-0.1, -0.05) is 18.2 Å². The molecule has 0 saturated carbocycles. The fraction of sp³-hybridized carbons (Fsp3) is 0.455. The molecule has 0 saturated heterocycles. The zero-order valence-electron chi connectivity index (χ0n) is 7.71. The van der Waals surface area contributed by atoms with E-state index in [1.807, 2.05) is 0 Å². The lowest BCUT2D eigenvalue weighted by molar-refractivity contribution is 0.578. The highest BCUT2D eigenvalue weighted by molar-refractivity contribution is 5.62. The minimum Gasteiger partial charge on any atom is -0.358 e. The zero-order chi connectivity index (χ0) is 8.67. The van der Waals surface area contributed by atoms with E-state index in [-0.39, 0.29) is 0 Å². The number of hydrogen-bond donors (Lipinski definition) is 1. The Bertz CT molecular complexity index is 305. The second-order valence-electron chi connectivity index (χ2n) is 3.88. The fourth-order valence-corrected chi connectivity index (χ4v) is 2.45. The topological polar surface area (TPSA) is 15.3 Å². The van der Waals surface area contributed by atoms with E-state index in [1.165, 1.54) is 30.6 Å². The van der Waals surface area contributed by atoms with Crippen molar-refractivity contribution in [3.05, 3.63) is 29.3 Å². The van der Waals surface area contributed by atoms with Crippen molar-refractivity contribution in [1.29, 1.82) is 0 Å². The summed E-state index contributed by atoms with van der Waals surface area (Å²) >= 11 is 0. The minimum atomic E-state index is 1.03. The average molecular weight is 174 g/mol. The fourth-order valence-electron chi connectivity index (χ4n) is 2.45. The Morgan fingerprint density at radius 2 is 2.15 bits per heavy atom. The van der Waals surface area contributed by atoms with Crippen molar-refractivity contribution >= 4 is 5.69 Å². The molecule has 2 aliphatic rings. The number of aryl methyl sites for hydroxylation is 1. The molecule has 0 unspecified atom stereocenters. The molecule has 2 heterocycles. The van der Waals surface area contributed by atoms with Crippen LogP contribution in [0.3, 0.4) is 0 Å². The highest BCUT2D eigenvalue weighted by Crippen LogP contribution is 2.32. The Morgan fingerprint density at radius 1 is 1.23 bits per heavy atom. The highest BCUT2D eigenvalue weighted by Gasteiger charge is 2.22. The Morgan fingerprint density at radius 3 is 3.15 bits per heavy atom. The first-order valence-electron chi connectivity index (χ1n) is 5.01. The molecular weight excluding hydrogens is 160 g/mol. The smallest absolute Gasteiger partial charge is 0.0684 e.